The summed E-state index contributed by atoms with van der Waals surface area (Å²) in [5.41, 5.74) is 2.65. The van der Waals surface area contributed by atoms with Crippen LogP contribution in [0.2, 0.25) is 0 Å². The topological polar surface area (TPSA) is 77.9 Å². The van der Waals surface area contributed by atoms with Crippen LogP contribution in [0.1, 0.15) is 21.5 Å². The van der Waals surface area contributed by atoms with Crippen molar-refractivity contribution in [2.45, 2.75) is 19.0 Å². The second-order valence-electron chi connectivity index (χ2n) is 5.92. The number of carboxylic acids is 1. The molecule has 0 aromatic heterocycles. The number of urea groups is 1. The zero-order valence-electron chi connectivity index (χ0n) is 12.7. The van der Waals surface area contributed by atoms with Gasteiger partial charge in [-0.05, 0) is 35.4 Å². The van der Waals surface area contributed by atoms with Gasteiger partial charge in [0.1, 0.15) is 6.04 Å². The highest BCUT2D eigenvalue weighted by molar-refractivity contribution is 6.21. The van der Waals surface area contributed by atoms with E-state index in [9.17, 15) is 14.4 Å². The van der Waals surface area contributed by atoms with Crippen LogP contribution in [0.3, 0.4) is 0 Å². The molecule has 3 amide bonds. The fourth-order valence-electron chi connectivity index (χ4n) is 3.31. The normalized spacial score (nSPS) is 19.2. The van der Waals surface area contributed by atoms with Gasteiger partial charge in [0.15, 0.2) is 0 Å². The van der Waals surface area contributed by atoms with E-state index in [0.29, 0.717) is 18.7 Å². The van der Waals surface area contributed by atoms with Gasteiger partial charge in [0.05, 0.1) is 11.3 Å². The van der Waals surface area contributed by atoms with Crippen LogP contribution >= 0.6 is 0 Å². The number of rotatable bonds is 2. The Balaban J connectivity index is 1.67. The number of nitrogens with zero attached hydrogens (tertiary/aromatic N) is 2. The van der Waals surface area contributed by atoms with Gasteiger partial charge < -0.3 is 10.0 Å². The van der Waals surface area contributed by atoms with Crippen molar-refractivity contribution < 1.29 is 19.5 Å². The number of aromatic carboxylic acids is 1. The Bertz CT molecular complexity index is 817. The Morgan fingerprint density at radius 2 is 1.67 bits per heavy atom. The van der Waals surface area contributed by atoms with E-state index in [1.165, 1.54) is 24.3 Å². The highest BCUT2D eigenvalue weighted by Gasteiger charge is 2.47. The monoisotopic (exact) mass is 322 g/mol. The molecule has 1 N–H and O–H groups in total. The SMILES string of the molecule is O=C(O)c1ccc(N2C(=O)[C@H]3Cc4ccccc4CN3C2=O)cc1. The predicted molar refractivity (Wildman–Crippen MR) is 85.8 cm³/mol. The number of carboxylic acid groups (broad SMARTS) is 1. The molecule has 0 unspecified atom stereocenters. The molecule has 0 radical (unpaired) electrons. The van der Waals surface area contributed by atoms with Crippen LogP contribution in [0.4, 0.5) is 10.5 Å². The molecule has 0 saturated carbocycles. The van der Waals surface area contributed by atoms with Gasteiger partial charge in [-0.3, -0.25) is 4.79 Å². The predicted octanol–water partition coefficient (Wildman–Crippen LogP) is 2.28. The Morgan fingerprint density at radius 3 is 2.33 bits per heavy atom. The molecule has 0 aliphatic carbocycles. The Labute approximate surface area is 137 Å². The largest absolute Gasteiger partial charge is 0.478 e. The minimum atomic E-state index is -1.05. The second-order valence-corrected chi connectivity index (χ2v) is 5.92. The Morgan fingerprint density at radius 1 is 1.00 bits per heavy atom. The minimum absolute atomic E-state index is 0.114. The highest BCUT2D eigenvalue weighted by Crippen LogP contribution is 2.32. The van der Waals surface area contributed by atoms with Gasteiger partial charge in [0.2, 0.25) is 0 Å². The van der Waals surface area contributed by atoms with E-state index in [1.54, 1.807) is 4.90 Å². The molecular formula is C18H14N2O4. The van der Waals surface area contributed by atoms with Crippen LogP contribution in [0.25, 0.3) is 0 Å². The first kappa shape index (κ1) is 14.4. The van der Waals surface area contributed by atoms with Crippen molar-refractivity contribution in [2.75, 3.05) is 4.90 Å². The van der Waals surface area contributed by atoms with Crippen molar-refractivity contribution in [2.24, 2.45) is 0 Å². The summed E-state index contributed by atoms with van der Waals surface area (Å²) < 4.78 is 0. The first-order valence-corrected chi connectivity index (χ1v) is 7.61. The van der Waals surface area contributed by atoms with E-state index in [4.69, 9.17) is 5.11 Å². The summed E-state index contributed by atoms with van der Waals surface area (Å²) in [5, 5.41) is 8.96. The summed E-state index contributed by atoms with van der Waals surface area (Å²) in [7, 11) is 0. The summed E-state index contributed by atoms with van der Waals surface area (Å²) in [6, 6.07) is 12.7. The van der Waals surface area contributed by atoms with Crippen LogP contribution in [0.15, 0.2) is 48.5 Å². The summed E-state index contributed by atoms with van der Waals surface area (Å²) >= 11 is 0. The number of carbonyl (C=O) groups excluding carboxylic acids is 2. The van der Waals surface area contributed by atoms with Gasteiger partial charge in [-0.1, -0.05) is 24.3 Å². The van der Waals surface area contributed by atoms with Gasteiger partial charge >= 0.3 is 12.0 Å². The number of hydrogen-bond donors (Lipinski definition) is 1. The molecule has 0 bridgehead atoms. The number of amides is 3. The smallest absolute Gasteiger partial charge is 0.335 e. The van der Waals surface area contributed by atoms with Crippen molar-refractivity contribution in [3.05, 3.63) is 65.2 Å². The van der Waals surface area contributed by atoms with Gasteiger partial charge in [-0.2, -0.15) is 0 Å². The number of imide groups is 1. The molecule has 2 aromatic rings. The average Bonchev–Trinajstić information content (AvgIpc) is 2.84. The second kappa shape index (κ2) is 5.19. The molecule has 24 heavy (non-hydrogen) atoms. The first-order valence-electron chi connectivity index (χ1n) is 7.61. The lowest BCUT2D eigenvalue weighted by Crippen LogP contribution is -2.39. The maximum Gasteiger partial charge on any atom is 0.335 e. The average molecular weight is 322 g/mol. The maximum atomic E-state index is 12.7. The third kappa shape index (κ3) is 2.07. The molecule has 2 aliphatic rings. The molecule has 0 spiro atoms. The van der Waals surface area contributed by atoms with Crippen LogP contribution < -0.4 is 4.90 Å². The molecule has 1 fully saturated rings. The van der Waals surface area contributed by atoms with E-state index < -0.39 is 12.0 Å². The Hall–Kier alpha value is -3.15. The summed E-state index contributed by atoms with van der Waals surface area (Å²) in [4.78, 5) is 39.1. The zero-order valence-corrected chi connectivity index (χ0v) is 12.7. The van der Waals surface area contributed by atoms with Crippen molar-refractivity contribution in [3.8, 4) is 0 Å². The summed E-state index contributed by atoms with van der Waals surface area (Å²) in [5.74, 6) is -1.31. The molecule has 1 saturated heterocycles. The quantitative estimate of drug-likeness (QED) is 0.861. The number of fused-ring (bicyclic) bond motifs is 2. The Kier molecular flexibility index (Phi) is 3.13. The fraction of sp³-hybridized carbons (Fsp3) is 0.167. The van der Waals surface area contributed by atoms with Gasteiger partial charge in [0, 0.05) is 13.0 Å². The van der Waals surface area contributed by atoms with Crippen molar-refractivity contribution >= 4 is 23.6 Å². The number of anilines is 1. The van der Waals surface area contributed by atoms with Crippen molar-refractivity contribution in [1.82, 2.24) is 4.90 Å². The van der Waals surface area contributed by atoms with Crippen LogP contribution in [-0.4, -0.2) is 34.0 Å². The number of benzene rings is 2. The third-order valence-electron chi connectivity index (χ3n) is 4.56. The molecule has 2 aliphatic heterocycles. The first-order chi connectivity index (χ1) is 11.6. The fourth-order valence-corrected chi connectivity index (χ4v) is 3.31. The number of carbonyl (C=O) groups is 3. The minimum Gasteiger partial charge on any atom is -0.478 e. The van der Waals surface area contributed by atoms with Gasteiger partial charge in [-0.25, -0.2) is 14.5 Å². The molecule has 1 atom stereocenters. The van der Waals surface area contributed by atoms with E-state index in [2.05, 4.69) is 0 Å². The number of hydrogen-bond acceptors (Lipinski definition) is 3. The van der Waals surface area contributed by atoms with E-state index in [-0.39, 0.29) is 17.5 Å². The van der Waals surface area contributed by atoms with E-state index >= 15 is 0 Å². The van der Waals surface area contributed by atoms with Crippen LogP contribution in [0.5, 0.6) is 0 Å². The lowest BCUT2D eigenvalue weighted by atomic mass is 9.95. The summed E-state index contributed by atoms with van der Waals surface area (Å²) in [6.07, 6.45) is 0.504. The molecular weight excluding hydrogens is 308 g/mol. The maximum absolute atomic E-state index is 12.7. The molecule has 2 aromatic carbocycles. The van der Waals surface area contributed by atoms with E-state index in [0.717, 1.165) is 16.0 Å². The molecule has 6 nitrogen and oxygen atoms in total. The van der Waals surface area contributed by atoms with Crippen LogP contribution in [0, 0.1) is 0 Å². The molecule has 4 rings (SSSR count). The molecule has 6 heteroatoms. The van der Waals surface area contributed by atoms with Crippen molar-refractivity contribution in [3.63, 3.8) is 0 Å². The van der Waals surface area contributed by atoms with Gasteiger partial charge in [-0.15, -0.1) is 0 Å². The molecule has 2 heterocycles. The zero-order chi connectivity index (χ0) is 16.8. The standard InChI is InChI=1S/C18H14N2O4/c21-16-15-9-12-3-1-2-4-13(12)10-19(15)18(24)20(16)14-7-5-11(6-8-14)17(22)23/h1-8,15H,9-10H2,(H,22,23)/t15-/m1/s1. The van der Waals surface area contributed by atoms with Crippen LogP contribution in [-0.2, 0) is 17.8 Å². The third-order valence-corrected chi connectivity index (χ3v) is 4.56. The van der Waals surface area contributed by atoms with E-state index in [1.807, 2.05) is 24.3 Å². The lowest BCUT2D eigenvalue weighted by molar-refractivity contribution is -0.120. The molecule has 120 valence electrons. The van der Waals surface area contributed by atoms with Crippen molar-refractivity contribution in [1.29, 1.82) is 0 Å². The highest BCUT2D eigenvalue weighted by atomic mass is 16.4. The lowest BCUT2D eigenvalue weighted by Gasteiger charge is -2.28. The summed E-state index contributed by atoms with van der Waals surface area (Å²) in [6.45, 7) is 0.412. The van der Waals surface area contributed by atoms with Gasteiger partial charge in [0.25, 0.3) is 5.91 Å².